The molecule has 0 bridgehead atoms. The molecule has 0 unspecified atom stereocenters. The fourth-order valence-electron chi connectivity index (χ4n) is 2.49. The highest BCUT2D eigenvalue weighted by atomic mass is 16.6. The van der Waals surface area contributed by atoms with Gasteiger partial charge in [0.05, 0.1) is 4.92 Å². The van der Waals surface area contributed by atoms with Gasteiger partial charge >= 0.3 is 5.69 Å². The summed E-state index contributed by atoms with van der Waals surface area (Å²) in [6, 6.07) is 15.6. The lowest BCUT2D eigenvalue weighted by Gasteiger charge is -2.06. The molecule has 3 rings (SSSR count). The van der Waals surface area contributed by atoms with Crippen molar-refractivity contribution in [2.45, 2.75) is 13.5 Å². The van der Waals surface area contributed by atoms with E-state index in [9.17, 15) is 19.7 Å². The van der Waals surface area contributed by atoms with Crippen molar-refractivity contribution in [1.29, 1.82) is 0 Å². The number of nitrogens with zero attached hydrogens (tertiary/aromatic N) is 1. The number of anilines is 2. The zero-order valence-corrected chi connectivity index (χ0v) is 15.4. The molecule has 29 heavy (non-hydrogen) atoms. The minimum Gasteiger partial charge on any atom is -0.479 e. The highest BCUT2D eigenvalue weighted by Gasteiger charge is 2.16. The van der Waals surface area contributed by atoms with E-state index in [2.05, 4.69) is 10.6 Å². The number of nitro groups is 1. The van der Waals surface area contributed by atoms with Gasteiger partial charge in [-0.25, -0.2) is 0 Å². The molecule has 9 nitrogen and oxygen atoms in total. The Kier molecular flexibility index (Phi) is 5.88. The van der Waals surface area contributed by atoms with Crippen molar-refractivity contribution in [3.05, 3.63) is 82.3 Å². The Morgan fingerprint density at radius 1 is 1.00 bits per heavy atom. The second-order valence-corrected chi connectivity index (χ2v) is 5.99. The van der Waals surface area contributed by atoms with Gasteiger partial charge in [-0.3, -0.25) is 19.7 Å². The molecule has 9 heteroatoms. The van der Waals surface area contributed by atoms with Crippen LogP contribution in [0.25, 0.3) is 0 Å². The zero-order chi connectivity index (χ0) is 20.8. The molecule has 1 aromatic heterocycles. The van der Waals surface area contributed by atoms with Gasteiger partial charge in [0.2, 0.25) is 5.91 Å². The molecule has 3 aromatic rings. The Morgan fingerprint density at radius 2 is 1.66 bits per heavy atom. The molecular weight excluding hydrogens is 378 g/mol. The highest BCUT2D eigenvalue weighted by Crippen LogP contribution is 2.27. The molecule has 0 aliphatic rings. The number of nitro benzene ring substituents is 1. The molecule has 0 saturated heterocycles. The summed E-state index contributed by atoms with van der Waals surface area (Å²) in [4.78, 5) is 33.8. The molecule has 2 N–H and O–H groups in total. The number of carbonyl (C=O) groups is 2. The lowest BCUT2D eigenvalue weighted by molar-refractivity contribution is -0.386. The van der Waals surface area contributed by atoms with Gasteiger partial charge in [-0.1, -0.05) is 12.1 Å². The third-order valence-electron chi connectivity index (χ3n) is 3.78. The molecule has 0 fully saturated rings. The second kappa shape index (κ2) is 8.70. The van der Waals surface area contributed by atoms with Crippen molar-refractivity contribution in [2.75, 3.05) is 10.6 Å². The average Bonchev–Trinajstić information content (AvgIpc) is 3.17. The third kappa shape index (κ3) is 5.19. The van der Waals surface area contributed by atoms with Gasteiger partial charge < -0.3 is 19.8 Å². The van der Waals surface area contributed by atoms with Gasteiger partial charge in [0.1, 0.15) is 12.4 Å². The molecule has 0 radical (unpaired) electrons. The van der Waals surface area contributed by atoms with Crippen LogP contribution in [-0.2, 0) is 11.4 Å². The number of ether oxygens (including phenoxy) is 1. The van der Waals surface area contributed by atoms with Crippen LogP contribution in [0.3, 0.4) is 0 Å². The molecule has 0 spiro atoms. The molecule has 0 atom stereocenters. The normalized spacial score (nSPS) is 10.2. The maximum Gasteiger partial charge on any atom is 0.310 e. The summed E-state index contributed by atoms with van der Waals surface area (Å²) in [5.41, 5.74) is 0.987. The van der Waals surface area contributed by atoms with Crippen molar-refractivity contribution in [3.8, 4) is 5.75 Å². The van der Waals surface area contributed by atoms with E-state index in [0.29, 0.717) is 17.1 Å². The van der Waals surface area contributed by atoms with Crippen LogP contribution in [0, 0.1) is 10.1 Å². The summed E-state index contributed by atoms with van der Waals surface area (Å²) in [7, 11) is 0. The Morgan fingerprint density at radius 3 is 2.31 bits per heavy atom. The van der Waals surface area contributed by atoms with E-state index in [-0.39, 0.29) is 29.7 Å². The summed E-state index contributed by atoms with van der Waals surface area (Å²) in [6.45, 7) is 1.34. The SMILES string of the molecule is CC(=O)Nc1ccc(NC(=O)c2ccc(COc3ccccc3[N+](=O)[O-])o2)cc1. The van der Waals surface area contributed by atoms with E-state index in [1.54, 1.807) is 42.5 Å². The predicted molar refractivity (Wildman–Crippen MR) is 105 cm³/mol. The van der Waals surface area contributed by atoms with Crippen molar-refractivity contribution >= 4 is 28.9 Å². The van der Waals surface area contributed by atoms with Crippen LogP contribution in [0.5, 0.6) is 5.75 Å². The standard InChI is InChI=1S/C20H17N3O6/c1-13(24)21-14-6-8-15(9-7-14)22-20(25)19-11-10-16(29-19)12-28-18-5-3-2-4-17(18)23(26)27/h2-11H,12H2,1H3,(H,21,24)(H,22,25). The summed E-state index contributed by atoms with van der Waals surface area (Å²) in [6.07, 6.45) is 0. The maximum atomic E-state index is 12.3. The van der Waals surface area contributed by atoms with Crippen LogP contribution < -0.4 is 15.4 Å². The van der Waals surface area contributed by atoms with Gasteiger partial charge in [-0.2, -0.15) is 0 Å². The van der Waals surface area contributed by atoms with E-state index in [1.165, 1.54) is 25.1 Å². The Hall–Kier alpha value is -4.14. The van der Waals surface area contributed by atoms with Crippen LogP contribution in [-0.4, -0.2) is 16.7 Å². The van der Waals surface area contributed by atoms with Crippen LogP contribution >= 0.6 is 0 Å². The van der Waals surface area contributed by atoms with Gasteiger partial charge in [0, 0.05) is 24.4 Å². The minimum atomic E-state index is -0.534. The maximum absolute atomic E-state index is 12.3. The van der Waals surface area contributed by atoms with Crippen molar-refractivity contribution < 1.29 is 23.7 Å². The van der Waals surface area contributed by atoms with Gasteiger partial charge in [0.15, 0.2) is 11.5 Å². The minimum absolute atomic E-state index is 0.0659. The highest BCUT2D eigenvalue weighted by molar-refractivity contribution is 6.02. The molecule has 0 saturated carbocycles. The molecule has 2 amide bonds. The zero-order valence-electron chi connectivity index (χ0n) is 15.4. The number of carbonyl (C=O) groups excluding carboxylic acids is 2. The molecule has 148 valence electrons. The van der Waals surface area contributed by atoms with Crippen molar-refractivity contribution in [1.82, 2.24) is 0 Å². The lowest BCUT2D eigenvalue weighted by Crippen LogP contribution is -2.11. The van der Waals surface area contributed by atoms with Gasteiger partial charge in [-0.15, -0.1) is 0 Å². The van der Waals surface area contributed by atoms with E-state index in [1.807, 2.05) is 0 Å². The van der Waals surface area contributed by atoms with Crippen LogP contribution in [0.15, 0.2) is 65.1 Å². The van der Waals surface area contributed by atoms with E-state index >= 15 is 0 Å². The summed E-state index contributed by atoms with van der Waals surface area (Å²) in [5, 5.41) is 16.3. The average molecular weight is 395 g/mol. The summed E-state index contributed by atoms with van der Waals surface area (Å²) >= 11 is 0. The van der Waals surface area contributed by atoms with Gasteiger partial charge in [0.25, 0.3) is 5.91 Å². The fourth-order valence-corrected chi connectivity index (χ4v) is 2.49. The number of benzene rings is 2. The Bertz CT molecular complexity index is 1040. The molecule has 1 heterocycles. The smallest absolute Gasteiger partial charge is 0.310 e. The first-order chi connectivity index (χ1) is 13.9. The molecule has 0 aliphatic carbocycles. The number of hydrogen-bond donors (Lipinski definition) is 2. The van der Waals surface area contributed by atoms with Crippen molar-refractivity contribution in [3.63, 3.8) is 0 Å². The van der Waals surface area contributed by atoms with E-state index in [4.69, 9.17) is 9.15 Å². The first-order valence-corrected chi connectivity index (χ1v) is 8.56. The number of hydrogen-bond acceptors (Lipinski definition) is 6. The van der Waals surface area contributed by atoms with Crippen molar-refractivity contribution in [2.24, 2.45) is 0 Å². The topological polar surface area (TPSA) is 124 Å². The monoisotopic (exact) mass is 395 g/mol. The van der Waals surface area contributed by atoms with Crippen LogP contribution in [0.2, 0.25) is 0 Å². The quantitative estimate of drug-likeness (QED) is 0.461. The predicted octanol–water partition coefficient (Wildman–Crippen LogP) is 3.98. The lowest BCUT2D eigenvalue weighted by atomic mass is 10.2. The summed E-state index contributed by atoms with van der Waals surface area (Å²) in [5.74, 6) is -0.132. The Balaban J connectivity index is 1.60. The number of furan rings is 1. The summed E-state index contributed by atoms with van der Waals surface area (Å²) < 4.78 is 10.9. The Labute approximate surface area is 165 Å². The number of amides is 2. The number of nitrogens with one attached hydrogen (secondary N) is 2. The molecule has 0 aliphatic heterocycles. The largest absolute Gasteiger partial charge is 0.479 e. The number of rotatable bonds is 7. The fraction of sp³-hybridized carbons (Fsp3) is 0.100. The first kappa shape index (κ1) is 19.6. The van der Waals surface area contributed by atoms with Gasteiger partial charge in [-0.05, 0) is 42.5 Å². The molecular formula is C20H17N3O6. The first-order valence-electron chi connectivity index (χ1n) is 8.56. The van der Waals surface area contributed by atoms with E-state index < -0.39 is 10.8 Å². The second-order valence-electron chi connectivity index (χ2n) is 5.99. The molecule has 2 aromatic carbocycles. The van der Waals surface area contributed by atoms with Crippen LogP contribution in [0.1, 0.15) is 23.2 Å². The van der Waals surface area contributed by atoms with Crippen LogP contribution in [0.4, 0.5) is 17.1 Å². The third-order valence-corrected chi connectivity index (χ3v) is 3.78. The number of para-hydroxylation sites is 2. The van der Waals surface area contributed by atoms with E-state index in [0.717, 1.165) is 0 Å².